The summed E-state index contributed by atoms with van der Waals surface area (Å²) < 4.78 is 7.96. The molecular weight excluding hydrogens is 290 g/mol. The third-order valence-electron chi connectivity index (χ3n) is 4.36. The Labute approximate surface area is 134 Å². The zero-order valence-electron chi connectivity index (χ0n) is 13.0. The lowest BCUT2D eigenvalue weighted by Crippen LogP contribution is -2.31. The molecule has 1 aliphatic rings. The smallest absolute Gasteiger partial charge is 0.253 e. The monoisotopic (exact) mass is 309 g/mol. The number of aromatic nitrogens is 1. The van der Waals surface area contributed by atoms with E-state index in [1.165, 1.54) is 0 Å². The molecule has 3 aromatic rings. The molecule has 118 valence electrons. The molecule has 5 nitrogen and oxygen atoms in total. The normalized spacial score (nSPS) is 15.3. The summed E-state index contributed by atoms with van der Waals surface area (Å²) in [4.78, 5) is 12.6. The molecule has 5 heteroatoms. The summed E-state index contributed by atoms with van der Waals surface area (Å²) in [5.74, 6) is 0.709. The first-order chi connectivity index (χ1) is 11.2. The minimum atomic E-state index is -0.179. The molecule has 0 saturated heterocycles. The van der Waals surface area contributed by atoms with Crippen molar-refractivity contribution in [2.75, 3.05) is 6.54 Å². The maximum Gasteiger partial charge on any atom is 0.253 e. The molecule has 1 amide bonds. The maximum atomic E-state index is 12.6. The van der Waals surface area contributed by atoms with Gasteiger partial charge in [-0.15, -0.1) is 0 Å². The summed E-state index contributed by atoms with van der Waals surface area (Å²) in [6.07, 6.45) is 1.98. The van der Waals surface area contributed by atoms with E-state index in [2.05, 4.69) is 15.2 Å². The van der Waals surface area contributed by atoms with Crippen LogP contribution >= 0.6 is 0 Å². The number of furan rings is 1. The summed E-state index contributed by atoms with van der Waals surface area (Å²) in [5.41, 5.74) is 2.62. The van der Waals surface area contributed by atoms with Gasteiger partial charge in [0.05, 0.1) is 11.6 Å². The summed E-state index contributed by atoms with van der Waals surface area (Å²) in [5, 5.41) is 7.39. The highest BCUT2D eigenvalue weighted by molar-refractivity contribution is 5.95. The lowest BCUT2D eigenvalue weighted by molar-refractivity contribution is 0.0934. The second-order valence-corrected chi connectivity index (χ2v) is 5.93. The molecule has 2 N–H and O–H groups in total. The van der Waals surface area contributed by atoms with Crippen LogP contribution in [0.2, 0.25) is 0 Å². The summed E-state index contributed by atoms with van der Waals surface area (Å²) in [7, 11) is 0. The molecule has 1 aliphatic heterocycles. The van der Waals surface area contributed by atoms with Gasteiger partial charge in [0.25, 0.3) is 5.91 Å². The zero-order valence-corrected chi connectivity index (χ0v) is 13.0. The molecule has 0 bridgehead atoms. The Bertz CT molecular complexity index is 829. The van der Waals surface area contributed by atoms with E-state index in [1.54, 1.807) is 0 Å². The number of carbonyl (C=O) groups excluding carboxylic acids is 1. The molecule has 0 saturated carbocycles. The number of hydrogen-bond acceptors (Lipinski definition) is 3. The van der Waals surface area contributed by atoms with Gasteiger partial charge in [0.1, 0.15) is 11.3 Å². The van der Waals surface area contributed by atoms with Crippen LogP contribution in [0.3, 0.4) is 0 Å². The van der Waals surface area contributed by atoms with E-state index in [0.717, 1.165) is 47.6 Å². The third-order valence-corrected chi connectivity index (χ3v) is 4.36. The van der Waals surface area contributed by atoms with Gasteiger partial charge in [-0.3, -0.25) is 4.79 Å². The molecule has 1 unspecified atom stereocenters. The summed E-state index contributed by atoms with van der Waals surface area (Å²) in [6.45, 7) is 4.52. The van der Waals surface area contributed by atoms with E-state index < -0.39 is 0 Å². The number of carbonyl (C=O) groups is 1. The number of nitrogens with zero attached hydrogens (tertiary/aromatic N) is 1. The first kappa shape index (κ1) is 14.1. The number of rotatable bonds is 3. The number of benzene rings is 1. The molecule has 4 rings (SSSR count). The molecule has 0 fully saturated rings. The molecule has 1 aromatic carbocycles. The van der Waals surface area contributed by atoms with Gasteiger partial charge in [-0.05, 0) is 25.1 Å². The van der Waals surface area contributed by atoms with Gasteiger partial charge in [-0.2, -0.15) is 0 Å². The Kier molecular flexibility index (Phi) is 3.42. The number of nitrogens with one attached hydrogen (secondary N) is 2. The first-order valence-electron chi connectivity index (χ1n) is 7.90. The molecule has 0 radical (unpaired) electrons. The molecule has 0 spiro atoms. The fourth-order valence-electron chi connectivity index (χ4n) is 3.09. The SMILES string of the molecule is CC(NC(=O)c1ccn2c1CNCC2)c1cc2ccccc2o1. The van der Waals surface area contributed by atoms with Gasteiger partial charge in [-0.25, -0.2) is 0 Å². The quantitative estimate of drug-likeness (QED) is 0.782. The predicted octanol–water partition coefficient (Wildman–Crippen LogP) is 2.83. The van der Waals surface area contributed by atoms with Crippen molar-refractivity contribution in [2.24, 2.45) is 0 Å². The van der Waals surface area contributed by atoms with Crippen molar-refractivity contribution < 1.29 is 9.21 Å². The van der Waals surface area contributed by atoms with Crippen LogP contribution in [0.15, 0.2) is 47.0 Å². The second kappa shape index (κ2) is 5.59. The van der Waals surface area contributed by atoms with Crippen molar-refractivity contribution in [2.45, 2.75) is 26.1 Å². The minimum absolute atomic E-state index is 0.0598. The van der Waals surface area contributed by atoms with Crippen molar-refractivity contribution in [1.29, 1.82) is 0 Å². The van der Waals surface area contributed by atoms with Gasteiger partial charge in [0.15, 0.2) is 0 Å². The highest BCUT2D eigenvalue weighted by Gasteiger charge is 2.21. The highest BCUT2D eigenvalue weighted by Crippen LogP contribution is 2.24. The van der Waals surface area contributed by atoms with E-state index in [-0.39, 0.29) is 11.9 Å². The van der Waals surface area contributed by atoms with Crippen LogP contribution in [-0.2, 0) is 13.1 Å². The molecule has 2 aromatic heterocycles. The molecular formula is C18H19N3O2. The minimum Gasteiger partial charge on any atom is -0.459 e. The number of amides is 1. The standard InChI is InChI=1S/C18H19N3O2/c1-12(17-10-13-4-2-3-5-16(13)23-17)20-18(22)14-6-8-21-9-7-19-11-15(14)21/h2-6,8,10,12,19H,7,9,11H2,1H3,(H,20,22). The summed E-state index contributed by atoms with van der Waals surface area (Å²) >= 11 is 0. The number of para-hydroxylation sites is 1. The second-order valence-electron chi connectivity index (χ2n) is 5.93. The maximum absolute atomic E-state index is 12.6. The largest absolute Gasteiger partial charge is 0.459 e. The Balaban J connectivity index is 1.55. The average Bonchev–Trinajstić information content (AvgIpc) is 3.18. The van der Waals surface area contributed by atoms with Crippen molar-refractivity contribution in [3.8, 4) is 0 Å². The fraction of sp³-hybridized carbons (Fsp3) is 0.278. The molecule has 0 aliphatic carbocycles. The molecule has 23 heavy (non-hydrogen) atoms. The van der Waals surface area contributed by atoms with Crippen LogP contribution in [0.1, 0.15) is 34.8 Å². The Morgan fingerprint density at radius 2 is 2.22 bits per heavy atom. The zero-order chi connectivity index (χ0) is 15.8. The number of fused-ring (bicyclic) bond motifs is 2. The van der Waals surface area contributed by atoms with E-state index >= 15 is 0 Å². The Morgan fingerprint density at radius 1 is 1.35 bits per heavy atom. The van der Waals surface area contributed by atoms with E-state index in [1.807, 2.05) is 49.5 Å². The average molecular weight is 309 g/mol. The first-order valence-corrected chi connectivity index (χ1v) is 7.90. The van der Waals surface area contributed by atoms with Crippen LogP contribution < -0.4 is 10.6 Å². The van der Waals surface area contributed by atoms with Crippen molar-refractivity contribution in [1.82, 2.24) is 15.2 Å². The van der Waals surface area contributed by atoms with Crippen molar-refractivity contribution in [3.63, 3.8) is 0 Å². The highest BCUT2D eigenvalue weighted by atomic mass is 16.3. The van der Waals surface area contributed by atoms with E-state index in [0.29, 0.717) is 0 Å². The molecule has 3 heterocycles. The summed E-state index contributed by atoms with van der Waals surface area (Å²) in [6, 6.07) is 11.6. The van der Waals surface area contributed by atoms with Crippen LogP contribution in [0, 0.1) is 0 Å². The van der Waals surface area contributed by atoms with Crippen LogP contribution in [0.4, 0.5) is 0 Å². The Hall–Kier alpha value is -2.53. The van der Waals surface area contributed by atoms with Gasteiger partial charge < -0.3 is 19.6 Å². The number of hydrogen-bond donors (Lipinski definition) is 2. The Morgan fingerprint density at radius 3 is 3.09 bits per heavy atom. The van der Waals surface area contributed by atoms with Gasteiger partial charge >= 0.3 is 0 Å². The van der Waals surface area contributed by atoms with Crippen LogP contribution in [0.25, 0.3) is 11.0 Å². The van der Waals surface area contributed by atoms with E-state index in [9.17, 15) is 4.79 Å². The lowest BCUT2D eigenvalue weighted by atomic mass is 10.1. The van der Waals surface area contributed by atoms with Crippen molar-refractivity contribution in [3.05, 3.63) is 59.6 Å². The van der Waals surface area contributed by atoms with Gasteiger partial charge in [0.2, 0.25) is 0 Å². The predicted molar refractivity (Wildman–Crippen MR) is 88.2 cm³/mol. The third kappa shape index (κ3) is 2.53. The molecule has 1 atom stereocenters. The van der Waals surface area contributed by atoms with Gasteiger partial charge in [0, 0.05) is 36.9 Å². The van der Waals surface area contributed by atoms with Crippen LogP contribution in [-0.4, -0.2) is 17.0 Å². The van der Waals surface area contributed by atoms with Crippen LogP contribution in [0.5, 0.6) is 0 Å². The fourth-order valence-corrected chi connectivity index (χ4v) is 3.09. The van der Waals surface area contributed by atoms with Gasteiger partial charge in [-0.1, -0.05) is 18.2 Å². The van der Waals surface area contributed by atoms with E-state index in [4.69, 9.17) is 4.42 Å². The lowest BCUT2D eigenvalue weighted by Gasteiger charge is -2.18. The van der Waals surface area contributed by atoms with Crippen molar-refractivity contribution >= 4 is 16.9 Å². The topological polar surface area (TPSA) is 59.2 Å².